The number of aromatic amines is 1. The van der Waals surface area contributed by atoms with Crippen molar-refractivity contribution in [1.82, 2.24) is 34.6 Å². The van der Waals surface area contributed by atoms with Crippen molar-refractivity contribution in [2.75, 3.05) is 6.54 Å². The van der Waals surface area contributed by atoms with Crippen LogP contribution in [0.1, 0.15) is 78.3 Å². The van der Waals surface area contributed by atoms with Crippen LogP contribution in [0.15, 0.2) is 72.0 Å². The van der Waals surface area contributed by atoms with Crippen molar-refractivity contribution >= 4 is 27.0 Å². The van der Waals surface area contributed by atoms with Crippen molar-refractivity contribution in [1.29, 1.82) is 0 Å². The Labute approximate surface area is 275 Å². The van der Waals surface area contributed by atoms with Gasteiger partial charge in [0.25, 0.3) is 5.91 Å². The minimum Gasteiger partial charge on any atom is -0.488 e. The number of aromatic nitrogens is 5. The van der Waals surface area contributed by atoms with Crippen LogP contribution in [0.5, 0.6) is 5.75 Å². The average Bonchev–Trinajstić information content (AvgIpc) is 3.72. The van der Waals surface area contributed by atoms with Crippen LogP contribution in [0, 0.1) is 13.8 Å². The van der Waals surface area contributed by atoms with Gasteiger partial charge in [0.1, 0.15) is 28.0 Å². The predicted octanol–water partition coefficient (Wildman–Crippen LogP) is 5.49. The molecule has 3 aromatic carbocycles. The fraction of sp³-hybridized carbons (Fsp3) is 0.371. The first kappa shape index (κ1) is 32.4. The molecule has 1 aliphatic heterocycles. The first-order valence-corrected chi connectivity index (χ1v) is 17.4. The van der Waals surface area contributed by atoms with Crippen LogP contribution in [-0.4, -0.2) is 61.8 Å². The second-order valence-corrected chi connectivity index (χ2v) is 14.6. The summed E-state index contributed by atoms with van der Waals surface area (Å²) in [6.07, 6.45) is 3.35. The van der Waals surface area contributed by atoms with E-state index >= 15 is 0 Å². The van der Waals surface area contributed by atoms with Gasteiger partial charge in [-0.25, -0.2) is 18.1 Å². The summed E-state index contributed by atoms with van der Waals surface area (Å²) in [6.45, 7) is 13.1. The Morgan fingerprint density at radius 1 is 1.13 bits per heavy atom. The number of sulfonamides is 1. The van der Waals surface area contributed by atoms with Crippen LogP contribution >= 0.6 is 0 Å². The highest BCUT2D eigenvalue weighted by Crippen LogP contribution is 2.40. The maximum absolute atomic E-state index is 14.0. The summed E-state index contributed by atoms with van der Waals surface area (Å²) in [6, 6.07) is 17.1. The molecule has 2 atom stereocenters. The summed E-state index contributed by atoms with van der Waals surface area (Å²) in [4.78, 5) is 20.5. The Morgan fingerprint density at radius 3 is 2.64 bits per heavy atom. The highest BCUT2D eigenvalue weighted by atomic mass is 32.2. The van der Waals surface area contributed by atoms with Gasteiger partial charge in [0.15, 0.2) is 0 Å². The number of hydrogen-bond acceptors (Lipinski definition) is 7. The summed E-state index contributed by atoms with van der Waals surface area (Å²) in [5.74, 6) is -0.230. The summed E-state index contributed by atoms with van der Waals surface area (Å²) < 4.78 is 37.6. The quantitative estimate of drug-likeness (QED) is 0.214. The number of amides is 1. The van der Waals surface area contributed by atoms with E-state index in [1.54, 1.807) is 24.3 Å². The van der Waals surface area contributed by atoms with Gasteiger partial charge in [0.2, 0.25) is 10.0 Å². The van der Waals surface area contributed by atoms with Gasteiger partial charge in [-0.3, -0.25) is 4.79 Å². The molecule has 1 amide bonds. The third kappa shape index (κ3) is 6.03. The standard InChI is InChI=1S/C35H41N7O4S/c1-7-26-20-41(47(44,45)31-12-10-9-11-30(31)46-26)19-25-17-24(14-13-22(25)3)32(35(5,6)38-34(43)28-18-36-21-37-28)27-15-16-29-33(23(27)4)39-40-42(29)8-2/h9-18,21,26,32H,7-8,19-20H2,1-6H3,(H,36,37)(H,38,43)/t26-,32?/m1/s1. The molecule has 6 rings (SSSR count). The van der Waals surface area contributed by atoms with E-state index in [2.05, 4.69) is 43.8 Å². The molecule has 0 radical (unpaired) electrons. The van der Waals surface area contributed by atoms with E-state index < -0.39 is 15.6 Å². The average molecular weight is 656 g/mol. The second kappa shape index (κ2) is 12.6. The van der Waals surface area contributed by atoms with Gasteiger partial charge in [-0.1, -0.05) is 48.5 Å². The van der Waals surface area contributed by atoms with E-state index in [4.69, 9.17) is 4.74 Å². The number of aryl methyl sites for hydroxylation is 3. The zero-order valence-corrected chi connectivity index (χ0v) is 28.4. The SMILES string of the molecule is CC[C@@H]1CN(Cc2cc(C(c3ccc4c(nnn4CC)c3C)C(C)(C)NC(=O)c3cnc[nH]3)ccc2C)S(=O)(=O)c2ccccc2O1. The summed E-state index contributed by atoms with van der Waals surface area (Å²) in [5, 5.41) is 12.1. The number of rotatable bonds is 9. The largest absolute Gasteiger partial charge is 0.488 e. The lowest BCUT2D eigenvalue weighted by atomic mass is 9.74. The van der Waals surface area contributed by atoms with Gasteiger partial charge in [-0.05, 0) is 87.1 Å². The zero-order chi connectivity index (χ0) is 33.5. The van der Waals surface area contributed by atoms with Gasteiger partial charge >= 0.3 is 0 Å². The number of carbonyl (C=O) groups excluding carboxylic acids is 1. The zero-order valence-electron chi connectivity index (χ0n) is 27.6. The van der Waals surface area contributed by atoms with Crippen LogP contribution in [0.25, 0.3) is 11.0 Å². The number of hydrogen-bond donors (Lipinski definition) is 2. The van der Waals surface area contributed by atoms with E-state index in [9.17, 15) is 13.2 Å². The molecule has 47 heavy (non-hydrogen) atoms. The van der Waals surface area contributed by atoms with E-state index in [1.165, 1.54) is 16.8 Å². The van der Waals surface area contributed by atoms with E-state index in [-0.39, 0.29) is 35.9 Å². The third-order valence-electron chi connectivity index (χ3n) is 9.17. The molecule has 0 saturated heterocycles. The molecule has 0 bridgehead atoms. The predicted molar refractivity (Wildman–Crippen MR) is 180 cm³/mol. The van der Waals surface area contributed by atoms with Crippen molar-refractivity contribution in [2.24, 2.45) is 0 Å². The molecule has 12 heteroatoms. The number of fused-ring (bicyclic) bond motifs is 2. The number of imidazole rings is 1. The topological polar surface area (TPSA) is 135 Å². The van der Waals surface area contributed by atoms with Crippen molar-refractivity contribution in [3.05, 3.63) is 101 Å². The Bertz CT molecular complexity index is 2040. The summed E-state index contributed by atoms with van der Waals surface area (Å²) in [7, 11) is -3.84. The lowest BCUT2D eigenvalue weighted by molar-refractivity contribution is 0.0901. The molecule has 3 heterocycles. The minimum atomic E-state index is -3.84. The van der Waals surface area contributed by atoms with Crippen LogP contribution in [0.4, 0.5) is 0 Å². The number of ether oxygens (including phenoxy) is 1. The lowest BCUT2D eigenvalue weighted by Gasteiger charge is -2.37. The first-order valence-electron chi connectivity index (χ1n) is 15.9. The monoisotopic (exact) mass is 655 g/mol. The molecule has 2 N–H and O–H groups in total. The Hall–Kier alpha value is -4.55. The maximum Gasteiger partial charge on any atom is 0.269 e. The number of nitrogens with zero attached hydrogens (tertiary/aromatic N) is 5. The van der Waals surface area contributed by atoms with Crippen LogP contribution < -0.4 is 10.1 Å². The van der Waals surface area contributed by atoms with Crippen molar-refractivity contribution in [3.63, 3.8) is 0 Å². The highest BCUT2D eigenvalue weighted by Gasteiger charge is 2.37. The van der Waals surface area contributed by atoms with Crippen LogP contribution in [0.2, 0.25) is 0 Å². The van der Waals surface area contributed by atoms with Crippen LogP contribution in [0.3, 0.4) is 0 Å². The van der Waals surface area contributed by atoms with Crippen molar-refractivity contribution < 1.29 is 17.9 Å². The number of H-pyrrole nitrogens is 1. The van der Waals surface area contributed by atoms with Crippen molar-refractivity contribution in [3.8, 4) is 5.75 Å². The second-order valence-electron chi connectivity index (χ2n) is 12.7. The molecule has 2 aromatic heterocycles. The fourth-order valence-electron chi connectivity index (χ4n) is 6.56. The number of para-hydroxylation sites is 1. The molecule has 0 spiro atoms. The van der Waals surface area contributed by atoms with Crippen molar-refractivity contribution in [2.45, 2.75) is 83.5 Å². The van der Waals surface area contributed by atoms with Gasteiger partial charge in [0.05, 0.1) is 24.6 Å². The maximum atomic E-state index is 14.0. The minimum absolute atomic E-state index is 0.173. The molecule has 1 unspecified atom stereocenters. The fourth-order valence-corrected chi connectivity index (χ4v) is 8.13. The van der Waals surface area contributed by atoms with E-state index in [1.807, 2.05) is 58.4 Å². The molecule has 0 aliphatic carbocycles. The summed E-state index contributed by atoms with van der Waals surface area (Å²) in [5.41, 5.74) is 6.02. The van der Waals surface area contributed by atoms with Gasteiger partial charge < -0.3 is 15.0 Å². The molecule has 1 aliphatic rings. The van der Waals surface area contributed by atoms with Crippen LogP contribution in [-0.2, 0) is 23.1 Å². The number of nitrogens with one attached hydrogen (secondary N) is 2. The molecular weight excluding hydrogens is 614 g/mol. The first-order chi connectivity index (χ1) is 22.4. The molecule has 246 valence electrons. The van der Waals surface area contributed by atoms with Gasteiger partial charge in [-0.15, -0.1) is 5.10 Å². The third-order valence-corrected chi connectivity index (χ3v) is 11.0. The summed E-state index contributed by atoms with van der Waals surface area (Å²) >= 11 is 0. The highest BCUT2D eigenvalue weighted by molar-refractivity contribution is 7.89. The Morgan fingerprint density at radius 2 is 1.91 bits per heavy atom. The molecule has 0 saturated carbocycles. The Balaban J connectivity index is 1.45. The number of benzene rings is 3. The molecule has 0 fully saturated rings. The molecule has 5 aromatic rings. The molecule has 11 nitrogen and oxygen atoms in total. The normalized spacial score (nSPS) is 17.1. The number of carbonyl (C=O) groups is 1. The Kier molecular flexibility index (Phi) is 8.66. The van der Waals surface area contributed by atoms with Gasteiger partial charge in [0, 0.05) is 24.5 Å². The van der Waals surface area contributed by atoms with E-state index in [0.717, 1.165) is 38.9 Å². The van der Waals surface area contributed by atoms with Gasteiger partial charge in [-0.2, -0.15) is 4.31 Å². The lowest BCUT2D eigenvalue weighted by Crippen LogP contribution is -2.48. The smallest absolute Gasteiger partial charge is 0.269 e. The van der Waals surface area contributed by atoms with E-state index in [0.29, 0.717) is 24.4 Å². The molecular formula is C35H41N7O4S.